The van der Waals surface area contributed by atoms with Gasteiger partial charge in [-0.1, -0.05) is 0 Å². The molecule has 0 aromatic heterocycles. The summed E-state index contributed by atoms with van der Waals surface area (Å²) in [6, 6.07) is 8.64. The molecule has 2 rings (SSSR count). The third kappa shape index (κ3) is 3.58. The van der Waals surface area contributed by atoms with E-state index in [9.17, 15) is 13.3 Å². The molecule has 0 aliphatic carbocycles. The molecule has 0 aliphatic heterocycles. The van der Waals surface area contributed by atoms with Crippen molar-refractivity contribution in [3.05, 3.63) is 51.6 Å². The molecular formula is C14H13F2INOP. The molecule has 6 heteroatoms. The van der Waals surface area contributed by atoms with Crippen molar-refractivity contribution >= 4 is 46.4 Å². The van der Waals surface area contributed by atoms with Crippen LogP contribution in [0.1, 0.15) is 0 Å². The molecule has 0 spiro atoms. The first-order valence-corrected chi connectivity index (χ1v) is 9.52. The highest BCUT2D eigenvalue weighted by atomic mass is 127. The number of benzene rings is 2. The molecule has 0 atom stereocenters. The van der Waals surface area contributed by atoms with E-state index < -0.39 is 18.8 Å². The van der Waals surface area contributed by atoms with E-state index in [4.69, 9.17) is 0 Å². The van der Waals surface area contributed by atoms with Gasteiger partial charge in [-0.15, -0.1) is 0 Å². The van der Waals surface area contributed by atoms with Gasteiger partial charge in [0.1, 0.15) is 18.8 Å². The van der Waals surface area contributed by atoms with E-state index in [0.717, 1.165) is 3.57 Å². The van der Waals surface area contributed by atoms with Gasteiger partial charge < -0.3 is 9.88 Å². The second kappa shape index (κ2) is 5.82. The Balaban J connectivity index is 2.47. The SMILES string of the molecule is CP(C)(=O)c1ccc(F)cc1Nc1ccc(I)cc1F. The first-order valence-electron chi connectivity index (χ1n) is 5.84. The van der Waals surface area contributed by atoms with Crippen molar-refractivity contribution in [2.75, 3.05) is 18.6 Å². The van der Waals surface area contributed by atoms with Crippen LogP contribution in [0.3, 0.4) is 0 Å². The molecule has 0 bridgehead atoms. The average Bonchev–Trinajstić information content (AvgIpc) is 2.31. The van der Waals surface area contributed by atoms with Crippen LogP contribution in [0.4, 0.5) is 20.2 Å². The third-order valence-corrected chi connectivity index (χ3v) is 4.96. The summed E-state index contributed by atoms with van der Waals surface area (Å²) in [5.41, 5.74) is 0.559. The van der Waals surface area contributed by atoms with E-state index in [0.29, 0.717) is 11.0 Å². The van der Waals surface area contributed by atoms with Crippen LogP contribution in [-0.2, 0) is 4.57 Å². The molecule has 2 nitrogen and oxygen atoms in total. The van der Waals surface area contributed by atoms with Gasteiger partial charge >= 0.3 is 0 Å². The quantitative estimate of drug-likeness (QED) is 0.597. The minimum absolute atomic E-state index is 0.228. The van der Waals surface area contributed by atoms with Crippen molar-refractivity contribution in [3.8, 4) is 0 Å². The van der Waals surface area contributed by atoms with Crippen LogP contribution in [0.15, 0.2) is 36.4 Å². The summed E-state index contributed by atoms with van der Waals surface area (Å²) in [5, 5.41) is 3.32. The van der Waals surface area contributed by atoms with Crippen molar-refractivity contribution in [2.24, 2.45) is 0 Å². The predicted octanol–water partition coefficient (Wildman–Crippen LogP) is 4.56. The standard InChI is InChI=1S/C14H13F2INOP/c1-20(2,19)14-6-3-9(15)7-13(14)18-12-5-4-10(17)8-11(12)16/h3-8,18H,1-2H3. The zero-order valence-corrected chi connectivity index (χ0v) is 14.0. The van der Waals surface area contributed by atoms with E-state index in [1.807, 2.05) is 22.6 Å². The average molecular weight is 407 g/mol. The second-order valence-corrected chi connectivity index (χ2v) is 9.19. The summed E-state index contributed by atoms with van der Waals surface area (Å²) in [4.78, 5) is 0. The number of anilines is 2. The first kappa shape index (κ1) is 15.4. The molecular weight excluding hydrogens is 394 g/mol. The smallest absolute Gasteiger partial charge is 0.147 e. The molecule has 0 radical (unpaired) electrons. The van der Waals surface area contributed by atoms with Gasteiger partial charge in [-0.05, 0) is 72.3 Å². The van der Waals surface area contributed by atoms with E-state index in [1.165, 1.54) is 24.3 Å². The molecule has 0 saturated carbocycles. The van der Waals surface area contributed by atoms with Gasteiger partial charge in [0.15, 0.2) is 0 Å². The fourth-order valence-corrected chi connectivity index (χ4v) is 3.40. The molecule has 0 heterocycles. The summed E-state index contributed by atoms with van der Waals surface area (Å²) in [6.07, 6.45) is 0. The maximum Gasteiger partial charge on any atom is 0.147 e. The van der Waals surface area contributed by atoms with Crippen LogP contribution < -0.4 is 10.6 Å². The van der Waals surface area contributed by atoms with E-state index in [-0.39, 0.29) is 5.69 Å². The van der Waals surface area contributed by atoms with E-state index in [1.54, 1.807) is 25.5 Å². The van der Waals surface area contributed by atoms with Gasteiger partial charge in [-0.3, -0.25) is 0 Å². The van der Waals surface area contributed by atoms with Gasteiger partial charge in [-0.25, -0.2) is 8.78 Å². The molecule has 2 aromatic rings. The second-order valence-electron chi connectivity index (χ2n) is 4.76. The van der Waals surface area contributed by atoms with Gasteiger partial charge in [0, 0.05) is 8.87 Å². The highest BCUT2D eigenvalue weighted by Crippen LogP contribution is 2.38. The zero-order chi connectivity index (χ0) is 14.9. The Bertz CT molecular complexity index is 700. The first-order chi connectivity index (χ1) is 9.27. The zero-order valence-electron chi connectivity index (χ0n) is 11.0. The molecule has 0 unspecified atom stereocenters. The fourth-order valence-electron chi connectivity index (χ4n) is 1.81. The third-order valence-electron chi connectivity index (χ3n) is 2.74. The minimum Gasteiger partial charge on any atom is -0.352 e. The molecule has 0 amide bonds. The maximum atomic E-state index is 13.8. The fraction of sp³-hybridized carbons (Fsp3) is 0.143. The lowest BCUT2D eigenvalue weighted by atomic mass is 10.2. The maximum absolute atomic E-state index is 13.8. The van der Waals surface area contributed by atoms with Crippen LogP contribution >= 0.6 is 29.7 Å². The number of halogens is 3. The summed E-state index contributed by atoms with van der Waals surface area (Å²) >= 11 is 2.01. The summed E-state index contributed by atoms with van der Waals surface area (Å²) < 4.78 is 40.2. The summed E-state index contributed by atoms with van der Waals surface area (Å²) in [7, 11) is -2.59. The molecule has 2 aromatic carbocycles. The lowest BCUT2D eigenvalue weighted by Gasteiger charge is -2.16. The molecule has 20 heavy (non-hydrogen) atoms. The topological polar surface area (TPSA) is 29.1 Å². The minimum atomic E-state index is -2.59. The molecule has 1 N–H and O–H groups in total. The highest BCUT2D eigenvalue weighted by Gasteiger charge is 2.17. The van der Waals surface area contributed by atoms with Crippen LogP contribution in [-0.4, -0.2) is 13.3 Å². The molecule has 0 fully saturated rings. The van der Waals surface area contributed by atoms with Gasteiger partial charge in [0.25, 0.3) is 0 Å². The van der Waals surface area contributed by atoms with E-state index in [2.05, 4.69) is 5.32 Å². The molecule has 0 aliphatic rings. The van der Waals surface area contributed by atoms with Crippen molar-refractivity contribution < 1.29 is 13.3 Å². The number of hydrogen-bond donors (Lipinski definition) is 1. The Morgan fingerprint density at radius 1 is 1.05 bits per heavy atom. The van der Waals surface area contributed by atoms with Gasteiger partial charge in [-0.2, -0.15) is 0 Å². The molecule has 0 saturated heterocycles. The van der Waals surface area contributed by atoms with E-state index >= 15 is 0 Å². The van der Waals surface area contributed by atoms with Gasteiger partial charge in [0.2, 0.25) is 0 Å². The van der Waals surface area contributed by atoms with Crippen LogP contribution in [0, 0.1) is 15.2 Å². The Morgan fingerprint density at radius 2 is 1.75 bits per heavy atom. The number of nitrogens with one attached hydrogen (secondary N) is 1. The normalized spacial score (nSPS) is 11.4. The van der Waals surface area contributed by atoms with Crippen molar-refractivity contribution in [3.63, 3.8) is 0 Å². The summed E-state index contributed by atoms with van der Waals surface area (Å²) in [6.45, 7) is 3.19. The Kier molecular flexibility index (Phi) is 4.49. The largest absolute Gasteiger partial charge is 0.352 e. The Morgan fingerprint density at radius 3 is 2.35 bits per heavy atom. The van der Waals surface area contributed by atoms with Crippen LogP contribution in [0.25, 0.3) is 0 Å². The lowest BCUT2D eigenvalue weighted by molar-refractivity contribution is 0.588. The van der Waals surface area contributed by atoms with Crippen molar-refractivity contribution in [1.82, 2.24) is 0 Å². The number of hydrogen-bond acceptors (Lipinski definition) is 2. The Hall–Kier alpha value is -0.940. The monoisotopic (exact) mass is 407 g/mol. The number of rotatable bonds is 3. The predicted molar refractivity (Wildman–Crippen MR) is 87.9 cm³/mol. The van der Waals surface area contributed by atoms with Crippen molar-refractivity contribution in [1.29, 1.82) is 0 Å². The molecule has 106 valence electrons. The highest BCUT2D eigenvalue weighted by molar-refractivity contribution is 14.1. The van der Waals surface area contributed by atoms with Crippen LogP contribution in [0.5, 0.6) is 0 Å². The summed E-state index contributed by atoms with van der Waals surface area (Å²) in [5.74, 6) is -0.898. The van der Waals surface area contributed by atoms with Gasteiger partial charge in [0.05, 0.1) is 11.4 Å². The lowest BCUT2D eigenvalue weighted by Crippen LogP contribution is -2.10. The Labute approximate surface area is 130 Å². The van der Waals surface area contributed by atoms with Crippen molar-refractivity contribution in [2.45, 2.75) is 0 Å². The van der Waals surface area contributed by atoms with Crippen LogP contribution in [0.2, 0.25) is 0 Å².